The summed E-state index contributed by atoms with van der Waals surface area (Å²) in [5, 5.41) is 0. The summed E-state index contributed by atoms with van der Waals surface area (Å²) in [5.74, 6) is -1.10. The third kappa shape index (κ3) is 2.94. The van der Waals surface area contributed by atoms with Crippen LogP contribution in [-0.2, 0) is 5.41 Å². The van der Waals surface area contributed by atoms with Gasteiger partial charge in [-0.25, -0.2) is 8.78 Å². The lowest BCUT2D eigenvalue weighted by Crippen LogP contribution is -2.29. The number of rotatable bonds is 4. The van der Waals surface area contributed by atoms with Crippen molar-refractivity contribution in [3.63, 3.8) is 0 Å². The van der Waals surface area contributed by atoms with E-state index < -0.39 is 11.2 Å². The maximum atomic E-state index is 13.7. The van der Waals surface area contributed by atoms with Gasteiger partial charge in [-0.2, -0.15) is 0 Å². The SMILES string of the molecule is COc1ccc(C(=O)C(C)(C)c2ccc(F)cc2)cc1F. The highest BCUT2D eigenvalue weighted by atomic mass is 19.1. The molecule has 0 saturated heterocycles. The van der Waals surface area contributed by atoms with E-state index in [9.17, 15) is 13.6 Å². The van der Waals surface area contributed by atoms with Gasteiger partial charge in [-0.05, 0) is 49.7 Å². The Labute approximate surface area is 122 Å². The van der Waals surface area contributed by atoms with E-state index in [-0.39, 0.29) is 22.9 Å². The third-order valence-electron chi connectivity index (χ3n) is 3.55. The second-order valence-electron chi connectivity index (χ2n) is 5.31. The first kappa shape index (κ1) is 15.2. The largest absolute Gasteiger partial charge is 0.494 e. The van der Waals surface area contributed by atoms with Crippen LogP contribution in [0.2, 0.25) is 0 Å². The van der Waals surface area contributed by atoms with E-state index in [0.29, 0.717) is 5.56 Å². The highest BCUT2D eigenvalue weighted by Gasteiger charge is 2.31. The van der Waals surface area contributed by atoms with Gasteiger partial charge in [-0.1, -0.05) is 12.1 Å². The smallest absolute Gasteiger partial charge is 0.172 e. The van der Waals surface area contributed by atoms with E-state index >= 15 is 0 Å². The fourth-order valence-corrected chi connectivity index (χ4v) is 2.17. The number of halogens is 2. The summed E-state index contributed by atoms with van der Waals surface area (Å²) in [6.45, 7) is 3.45. The molecule has 2 aromatic rings. The lowest BCUT2D eigenvalue weighted by molar-refractivity contribution is 0.0908. The number of carbonyl (C=O) groups is 1. The van der Waals surface area contributed by atoms with Crippen LogP contribution < -0.4 is 4.74 Å². The molecule has 2 aromatic carbocycles. The Morgan fingerprint density at radius 2 is 1.67 bits per heavy atom. The van der Waals surface area contributed by atoms with Crippen molar-refractivity contribution in [1.82, 2.24) is 0 Å². The quantitative estimate of drug-likeness (QED) is 0.791. The number of ketones is 1. The highest BCUT2D eigenvalue weighted by molar-refractivity contribution is 6.03. The van der Waals surface area contributed by atoms with Gasteiger partial charge >= 0.3 is 0 Å². The zero-order chi connectivity index (χ0) is 15.6. The first-order valence-corrected chi connectivity index (χ1v) is 6.50. The van der Waals surface area contributed by atoms with Crippen LogP contribution in [0.5, 0.6) is 5.75 Å². The molecule has 0 heterocycles. The van der Waals surface area contributed by atoms with Crippen molar-refractivity contribution in [2.45, 2.75) is 19.3 Å². The Morgan fingerprint density at radius 3 is 2.19 bits per heavy atom. The molecule has 0 aromatic heterocycles. The van der Waals surface area contributed by atoms with Gasteiger partial charge in [0.2, 0.25) is 0 Å². The molecular weight excluding hydrogens is 274 g/mol. The van der Waals surface area contributed by atoms with Crippen LogP contribution in [0, 0.1) is 11.6 Å². The molecule has 0 bridgehead atoms. The average molecular weight is 290 g/mol. The number of hydrogen-bond acceptors (Lipinski definition) is 2. The molecule has 2 nitrogen and oxygen atoms in total. The van der Waals surface area contributed by atoms with Gasteiger partial charge in [-0.15, -0.1) is 0 Å². The maximum absolute atomic E-state index is 13.7. The fourth-order valence-electron chi connectivity index (χ4n) is 2.17. The molecule has 0 aliphatic rings. The Kier molecular flexibility index (Phi) is 4.07. The summed E-state index contributed by atoms with van der Waals surface area (Å²) in [6.07, 6.45) is 0. The third-order valence-corrected chi connectivity index (χ3v) is 3.55. The van der Waals surface area contributed by atoms with E-state index in [1.165, 1.54) is 31.4 Å². The molecule has 0 aliphatic carbocycles. The molecule has 0 amide bonds. The van der Waals surface area contributed by atoms with Crippen LogP contribution in [0.3, 0.4) is 0 Å². The standard InChI is InChI=1S/C17H16F2O2/c1-17(2,12-5-7-13(18)8-6-12)16(20)11-4-9-15(21-3)14(19)10-11/h4-10H,1-3H3. The Bertz CT molecular complexity index is 661. The second kappa shape index (κ2) is 5.64. The van der Waals surface area contributed by atoms with Gasteiger partial charge in [0.15, 0.2) is 17.3 Å². The van der Waals surface area contributed by atoms with Crippen LogP contribution in [0.25, 0.3) is 0 Å². The molecule has 0 fully saturated rings. The summed E-state index contributed by atoms with van der Waals surface area (Å²) >= 11 is 0. The number of Topliss-reactive ketones (excluding diaryl/α,β-unsaturated/α-hetero) is 1. The molecule has 0 saturated carbocycles. The van der Waals surface area contributed by atoms with E-state index in [1.54, 1.807) is 26.0 Å². The van der Waals surface area contributed by atoms with Crippen molar-refractivity contribution in [1.29, 1.82) is 0 Å². The first-order chi connectivity index (χ1) is 9.86. The van der Waals surface area contributed by atoms with Gasteiger partial charge in [0.1, 0.15) is 5.82 Å². The Hall–Kier alpha value is -2.23. The van der Waals surface area contributed by atoms with E-state index in [4.69, 9.17) is 4.74 Å². The summed E-state index contributed by atoms with van der Waals surface area (Å²) < 4.78 is 31.5. The lowest BCUT2D eigenvalue weighted by Gasteiger charge is -2.24. The summed E-state index contributed by atoms with van der Waals surface area (Å²) in [5.41, 5.74) is 0.0436. The minimum atomic E-state index is -0.880. The van der Waals surface area contributed by atoms with Crippen molar-refractivity contribution >= 4 is 5.78 Å². The zero-order valence-electron chi connectivity index (χ0n) is 12.1. The minimum absolute atomic E-state index is 0.0890. The molecule has 4 heteroatoms. The molecule has 0 radical (unpaired) electrons. The number of methoxy groups -OCH3 is 1. The van der Waals surface area contributed by atoms with Crippen molar-refractivity contribution in [3.8, 4) is 5.75 Å². The molecule has 0 N–H and O–H groups in total. The predicted molar refractivity (Wildman–Crippen MR) is 76.7 cm³/mol. The molecule has 0 spiro atoms. The lowest BCUT2D eigenvalue weighted by atomic mass is 9.78. The number of carbonyl (C=O) groups excluding carboxylic acids is 1. The monoisotopic (exact) mass is 290 g/mol. The summed E-state index contributed by atoms with van der Waals surface area (Å²) in [4.78, 5) is 12.6. The summed E-state index contributed by atoms with van der Waals surface area (Å²) in [6, 6.07) is 9.84. The maximum Gasteiger partial charge on any atom is 0.172 e. The fraction of sp³-hybridized carbons (Fsp3) is 0.235. The second-order valence-corrected chi connectivity index (χ2v) is 5.31. The van der Waals surface area contributed by atoms with Crippen molar-refractivity contribution in [2.24, 2.45) is 0 Å². The zero-order valence-corrected chi connectivity index (χ0v) is 12.1. The van der Waals surface area contributed by atoms with Crippen LogP contribution >= 0.6 is 0 Å². The summed E-state index contributed by atoms with van der Waals surface area (Å²) in [7, 11) is 1.36. The minimum Gasteiger partial charge on any atom is -0.494 e. The molecule has 0 aliphatic heterocycles. The highest BCUT2D eigenvalue weighted by Crippen LogP contribution is 2.29. The van der Waals surface area contributed by atoms with Crippen LogP contribution in [0.15, 0.2) is 42.5 Å². The van der Waals surface area contributed by atoms with Gasteiger partial charge in [0.25, 0.3) is 0 Å². The van der Waals surface area contributed by atoms with E-state index in [1.807, 2.05) is 0 Å². The van der Waals surface area contributed by atoms with Gasteiger partial charge in [0, 0.05) is 5.56 Å². The molecule has 110 valence electrons. The molecule has 0 unspecified atom stereocenters. The average Bonchev–Trinajstić information content (AvgIpc) is 2.46. The molecule has 2 rings (SSSR count). The van der Waals surface area contributed by atoms with Gasteiger partial charge in [-0.3, -0.25) is 4.79 Å². The predicted octanol–water partition coefficient (Wildman–Crippen LogP) is 4.13. The topological polar surface area (TPSA) is 26.3 Å². The van der Waals surface area contributed by atoms with Gasteiger partial charge < -0.3 is 4.74 Å². The number of ether oxygens (including phenoxy) is 1. The van der Waals surface area contributed by atoms with Crippen LogP contribution in [0.4, 0.5) is 8.78 Å². The van der Waals surface area contributed by atoms with E-state index in [0.717, 1.165) is 6.07 Å². The Balaban J connectivity index is 2.37. The Morgan fingerprint density at radius 1 is 1.05 bits per heavy atom. The molecule has 21 heavy (non-hydrogen) atoms. The van der Waals surface area contributed by atoms with E-state index in [2.05, 4.69) is 0 Å². The number of hydrogen-bond donors (Lipinski definition) is 0. The van der Waals surface area contributed by atoms with Crippen LogP contribution in [0.1, 0.15) is 29.8 Å². The van der Waals surface area contributed by atoms with Crippen molar-refractivity contribution < 1.29 is 18.3 Å². The van der Waals surface area contributed by atoms with Crippen molar-refractivity contribution in [3.05, 3.63) is 65.2 Å². The number of benzene rings is 2. The normalized spacial score (nSPS) is 11.3. The molecule has 0 atom stereocenters. The first-order valence-electron chi connectivity index (χ1n) is 6.50. The van der Waals surface area contributed by atoms with Crippen LogP contribution in [-0.4, -0.2) is 12.9 Å². The van der Waals surface area contributed by atoms with Gasteiger partial charge in [0.05, 0.1) is 12.5 Å². The molecular formula is C17H16F2O2. The van der Waals surface area contributed by atoms with Crippen molar-refractivity contribution in [2.75, 3.05) is 7.11 Å².